The smallest absolute Gasteiger partial charge is 0.127 e. The van der Waals surface area contributed by atoms with Crippen LogP contribution >= 0.6 is 22.6 Å². The van der Waals surface area contributed by atoms with Crippen LogP contribution < -0.4 is 4.74 Å². The molecule has 3 atom stereocenters. The third-order valence-electron chi connectivity index (χ3n) is 7.26. The van der Waals surface area contributed by atoms with Gasteiger partial charge in [0.2, 0.25) is 0 Å². The lowest BCUT2D eigenvalue weighted by molar-refractivity contribution is -0.00995. The van der Waals surface area contributed by atoms with Crippen molar-refractivity contribution in [1.82, 2.24) is 0 Å². The van der Waals surface area contributed by atoms with E-state index < -0.39 is 0 Å². The van der Waals surface area contributed by atoms with Crippen LogP contribution in [0, 0.1) is 5.92 Å². The van der Waals surface area contributed by atoms with Crippen molar-refractivity contribution in [3.63, 3.8) is 0 Å². The van der Waals surface area contributed by atoms with E-state index in [2.05, 4.69) is 66.4 Å². The Bertz CT molecular complexity index is 802. The highest BCUT2D eigenvalue weighted by Crippen LogP contribution is 2.55. The molecular formula is C24H36IN3O2. The fourth-order valence-corrected chi connectivity index (χ4v) is 5.99. The lowest BCUT2D eigenvalue weighted by atomic mass is 9.65. The van der Waals surface area contributed by atoms with Crippen LogP contribution in [0.1, 0.15) is 96.1 Å². The Labute approximate surface area is 194 Å². The first-order valence-corrected chi connectivity index (χ1v) is 12.9. The topological polar surface area (TPSA) is 78.2 Å². The highest BCUT2D eigenvalue weighted by Gasteiger charge is 2.47. The van der Waals surface area contributed by atoms with E-state index in [1.54, 1.807) is 0 Å². The average Bonchev–Trinajstić information content (AvgIpc) is 2.67. The molecule has 1 aromatic carbocycles. The summed E-state index contributed by atoms with van der Waals surface area (Å²) in [7, 11) is 0. The second-order valence-electron chi connectivity index (χ2n) is 10.2. The second kappa shape index (κ2) is 9.56. The maximum Gasteiger partial charge on any atom is 0.127 e. The van der Waals surface area contributed by atoms with Crippen molar-refractivity contribution in [2.45, 2.75) is 102 Å². The molecule has 1 fully saturated rings. The number of hydrogen-bond acceptors (Lipinski definition) is 3. The third kappa shape index (κ3) is 5.01. The van der Waals surface area contributed by atoms with Gasteiger partial charge in [0, 0.05) is 22.4 Å². The first-order chi connectivity index (χ1) is 14.2. The van der Waals surface area contributed by atoms with Gasteiger partial charge in [-0.1, -0.05) is 60.8 Å². The summed E-state index contributed by atoms with van der Waals surface area (Å²) in [4.78, 5) is 3.04. The van der Waals surface area contributed by atoms with Gasteiger partial charge in [-0.05, 0) is 84.9 Å². The third-order valence-corrected chi connectivity index (χ3v) is 8.02. The fraction of sp³-hybridized carbons (Fsp3) is 0.750. The molecule has 3 rings (SSSR count). The van der Waals surface area contributed by atoms with Crippen LogP contribution in [0.2, 0.25) is 0 Å². The van der Waals surface area contributed by atoms with Crippen LogP contribution in [-0.4, -0.2) is 21.2 Å². The molecule has 1 aromatic rings. The summed E-state index contributed by atoms with van der Waals surface area (Å²) in [6.45, 7) is 8.84. The van der Waals surface area contributed by atoms with E-state index in [4.69, 9.17) is 10.3 Å². The fourth-order valence-electron chi connectivity index (χ4n) is 5.46. The lowest BCUT2D eigenvalue weighted by Crippen LogP contribution is -2.47. The van der Waals surface area contributed by atoms with Gasteiger partial charge in [0.1, 0.15) is 17.1 Å². The predicted molar refractivity (Wildman–Crippen MR) is 131 cm³/mol. The first-order valence-electron chi connectivity index (χ1n) is 11.4. The molecule has 166 valence electrons. The monoisotopic (exact) mass is 525 g/mol. The summed E-state index contributed by atoms with van der Waals surface area (Å²) in [5.41, 5.74) is 10.6. The molecule has 1 heterocycles. The number of alkyl halides is 1. The Morgan fingerprint density at radius 2 is 1.97 bits per heavy atom. The first kappa shape index (κ1) is 23.5. The molecule has 30 heavy (non-hydrogen) atoms. The van der Waals surface area contributed by atoms with Crippen LogP contribution in [0.4, 0.5) is 0 Å². The Morgan fingerprint density at radius 1 is 1.23 bits per heavy atom. The Balaban J connectivity index is 1.87. The maximum absolute atomic E-state index is 11.1. The highest BCUT2D eigenvalue weighted by atomic mass is 127. The zero-order valence-electron chi connectivity index (χ0n) is 18.8. The molecule has 1 N–H and O–H groups in total. The molecule has 5 nitrogen and oxygen atoms in total. The largest absolute Gasteiger partial charge is 0.508 e. The molecule has 0 amide bonds. The summed E-state index contributed by atoms with van der Waals surface area (Å²) in [5, 5.41) is 15.1. The zero-order chi connectivity index (χ0) is 21.9. The van der Waals surface area contributed by atoms with E-state index in [-0.39, 0.29) is 23.0 Å². The SMILES string of the molecule is CC(C)(CCCCCCI)c1cc(O)c2c(c1)OC(C)(C)[C@@H]1CC[C@@H](N=[N+]=[N-])C[C@@H]21. The van der Waals surface area contributed by atoms with Gasteiger partial charge in [0.05, 0.1) is 0 Å². The number of unbranched alkanes of at least 4 members (excludes halogenated alkanes) is 3. The summed E-state index contributed by atoms with van der Waals surface area (Å²) in [6.07, 6.45) is 8.76. The van der Waals surface area contributed by atoms with Crippen molar-refractivity contribution in [2.75, 3.05) is 4.43 Å². The Hall–Kier alpha value is -1.14. The van der Waals surface area contributed by atoms with Crippen LogP contribution in [0.15, 0.2) is 17.2 Å². The maximum atomic E-state index is 11.1. The zero-order valence-corrected chi connectivity index (χ0v) is 21.0. The van der Waals surface area contributed by atoms with Crippen LogP contribution in [0.5, 0.6) is 11.5 Å². The van der Waals surface area contributed by atoms with E-state index in [0.717, 1.165) is 42.6 Å². The predicted octanol–water partition coefficient (Wildman–Crippen LogP) is 7.79. The molecule has 1 aliphatic heterocycles. The van der Waals surface area contributed by atoms with Crippen molar-refractivity contribution in [3.8, 4) is 11.5 Å². The number of halogens is 1. The van der Waals surface area contributed by atoms with Crippen molar-refractivity contribution in [1.29, 1.82) is 0 Å². The Kier molecular flexibility index (Phi) is 7.49. The summed E-state index contributed by atoms with van der Waals surface area (Å²) in [5.74, 6) is 1.64. The number of nitrogens with zero attached hydrogens (tertiary/aromatic N) is 3. The van der Waals surface area contributed by atoms with E-state index in [1.807, 2.05) is 6.07 Å². The van der Waals surface area contributed by atoms with E-state index in [1.165, 1.54) is 30.1 Å². The van der Waals surface area contributed by atoms with Crippen molar-refractivity contribution < 1.29 is 9.84 Å². The molecule has 1 aliphatic carbocycles. The number of phenolic OH excluding ortho intramolecular Hbond substituents is 1. The number of benzene rings is 1. The number of ether oxygens (including phenoxy) is 1. The van der Waals surface area contributed by atoms with Gasteiger partial charge < -0.3 is 9.84 Å². The van der Waals surface area contributed by atoms with Crippen LogP contribution in [0.3, 0.4) is 0 Å². The standard InChI is InChI=1S/C24H36IN3O2/c1-23(2,11-7-5-6-8-12-25)16-13-20(29)22-18-15-17(27-28-26)9-10-19(18)24(3,4)30-21(22)14-16/h13-14,17-19,29H,5-12,15H2,1-4H3/t17-,18-,19-/m1/s1. The number of phenols is 1. The molecule has 0 radical (unpaired) electrons. The molecular weight excluding hydrogens is 489 g/mol. The summed E-state index contributed by atoms with van der Waals surface area (Å²) in [6, 6.07) is 4.12. The van der Waals surface area contributed by atoms with E-state index in [9.17, 15) is 5.11 Å². The lowest BCUT2D eigenvalue weighted by Gasteiger charge is -2.49. The minimum Gasteiger partial charge on any atom is -0.508 e. The highest BCUT2D eigenvalue weighted by molar-refractivity contribution is 14.1. The molecule has 0 aromatic heterocycles. The average molecular weight is 525 g/mol. The summed E-state index contributed by atoms with van der Waals surface area (Å²) >= 11 is 2.44. The number of fused-ring (bicyclic) bond motifs is 3. The number of rotatable bonds is 8. The van der Waals surface area contributed by atoms with Gasteiger partial charge in [-0.15, -0.1) is 0 Å². The van der Waals surface area contributed by atoms with E-state index >= 15 is 0 Å². The van der Waals surface area contributed by atoms with Gasteiger partial charge in [-0.25, -0.2) is 0 Å². The molecule has 1 saturated carbocycles. The summed E-state index contributed by atoms with van der Waals surface area (Å²) < 4.78 is 7.73. The van der Waals surface area contributed by atoms with Crippen molar-refractivity contribution in [3.05, 3.63) is 33.7 Å². The van der Waals surface area contributed by atoms with Crippen molar-refractivity contribution >= 4 is 22.6 Å². The van der Waals surface area contributed by atoms with Gasteiger partial charge in [0.15, 0.2) is 0 Å². The van der Waals surface area contributed by atoms with E-state index in [0.29, 0.717) is 11.7 Å². The quantitative estimate of drug-likeness (QED) is 0.0939. The molecule has 0 saturated heterocycles. The van der Waals surface area contributed by atoms with Gasteiger partial charge in [-0.2, -0.15) is 0 Å². The van der Waals surface area contributed by atoms with Gasteiger partial charge in [0.25, 0.3) is 0 Å². The minimum atomic E-state index is -0.298. The Morgan fingerprint density at radius 3 is 2.67 bits per heavy atom. The minimum absolute atomic E-state index is 0.00365. The van der Waals surface area contributed by atoms with Crippen molar-refractivity contribution in [2.24, 2.45) is 11.0 Å². The molecule has 0 spiro atoms. The van der Waals surface area contributed by atoms with Gasteiger partial charge >= 0.3 is 0 Å². The molecule has 2 aliphatic rings. The number of aromatic hydroxyl groups is 1. The second-order valence-corrected chi connectivity index (χ2v) is 11.3. The number of hydrogen-bond donors (Lipinski definition) is 1. The van der Waals surface area contributed by atoms with Gasteiger partial charge in [-0.3, -0.25) is 0 Å². The van der Waals surface area contributed by atoms with Crippen LogP contribution in [-0.2, 0) is 5.41 Å². The number of azide groups is 1. The normalized spacial score (nSPS) is 24.9. The molecule has 0 bridgehead atoms. The molecule has 6 heteroatoms. The molecule has 0 unspecified atom stereocenters. The van der Waals surface area contributed by atoms with Crippen LogP contribution in [0.25, 0.3) is 10.4 Å².